The Labute approximate surface area is 79.4 Å². The summed E-state index contributed by atoms with van der Waals surface area (Å²) >= 11 is 4.43. The topological polar surface area (TPSA) is 0 Å². The number of benzene rings is 1. The maximum Gasteiger partial charge on any atom is 0.00720 e. The lowest BCUT2D eigenvalue weighted by Crippen LogP contribution is -2.08. The van der Waals surface area contributed by atoms with Crippen LogP contribution in [0.3, 0.4) is 0 Å². The van der Waals surface area contributed by atoms with Gasteiger partial charge in [0.1, 0.15) is 0 Å². The minimum atomic E-state index is 0.830. The average molecular weight is 178 g/mol. The van der Waals surface area contributed by atoms with Crippen LogP contribution in [0, 0.1) is 6.92 Å². The third kappa shape index (κ3) is 1.38. The fraction of sp³-hybridized carbons (Fsp3) is 0.455. The normalized spacial score (nSPS) is 17.5. The van der Waals surface area contributed by atoms with Crippen molar-refractivity contribution in [2.24, 2.45) is 0 Å². The molecule has 1 saturated carbocycles. The van der Waals surface area contributed by atoms with Gasteiger partial charge in [-0.25, -0.2) is 0 Å². The van der Waals surface area contributed by atoms with Gasteiger partial charge in [0.2, 0.25) is 0 Å². The van der Waals surface area contributed by atoms with Gasteiger partial charge in [-0.3, -0.25) is 0 Å². The molecule has 1 heteroatoms. The largest absolute Gasteiger partial charge is 0.143 e. The van der Waals surface area contributed by atoms with E-state index in [9.17, 15) is 0 Å². The van der Waals surface area contributed by atoms with E-state index in [0.29, 0.717) is 0 Å². The van der Waals surface area contributed by atoms with Crippen LogP contribution in [0.4, 0.5) is 0 Å². The summed E-state index contributed by atoms with van der Waals surface area (Å²) in [4.78, 5) is 1.14. The Morgan fingerprint density at radius 1 is 1.33 bits per heavy atom. The Morgan fingerprint density at radius 3 is 2.58 bits per heavy atom. The van der Waals surface area contributed by atoms with Crippen LogP contribution < -0.4 is 0 Å². The van der Waals surface area contributed by atoms with Crippen molar-refractivity contribution in [3.05, 3.63) is 29.3 Å². The predicted molar refractivity (Wildman–Crippen MR) is 55.0 cm³/mol. The second-order valence-electron chi connectivity index (χ2n) is 3.67. The van der Waals surface area contributed by atoms with E-state index in [4.69, 9.17) is 0 Å². The molecule has 0 N–H and O–H groups in total. The third-order valence-corrected chi connectivity index (χ3v) is 3.29. The van der Waals surface area contributed by atoms with Crippen molar-refractivity contribution in [1.82, 2.24) is 0 Å². The molecule has 12 heavy (non-hydrogen) atoms. The minimum Gasteiger partial charge on any atom is -0.143 e. The molecule has 1 fully saturated rings. The van der Waals surface area contributed by atoms with E-state index in [1.807, 2.05) is 0 Å². The average Bonchev–Trinajstić information content (AvgIpc) is 1.93. The lowest BCUT2D eigenvalue weighted by atomic mass is 9.80. The van der Waals surface area contributed by atoms with Gasteiger partial charge >= 0.3 is 0 Å². The first-order valence-electron chi connectivity index (χ1n) is 4.57. The van der Waals surface area contributed by atoms with E-state index >= 15 is 0 Å². The molecule has 1 aromatic rings. The van der Waals surface area contributed by atoms with Crippen LogP contribution in [0.25, 0.3) is 0 Å². The fourth-order valence-electron chi connectivity index (χ4n) is 1.62. The molecule has 2 rings (SSSR count). The van der Waals surface area contributed by atoms with Gasteiger partial charge in [-0.2, -0.15) is 0 Å². The van der Waals surface area contributed by atoms with E-state index < -0.39 is 0 Å². The van der Waals surface area contributed by atoms with Crippen LogP contribution in [-0.4, -0.2) is 0 Å². The Kier molecular flexibility index (Phi) is 2.14. The summed E-state index contributed by atoms with van der Waals surface area (Å²) in [6.45, 7) is 2.10. The van der Waals surface area contributed by atoms with Gasteiger partial charge in [-0.1, -0.05) is 18.6 Å². The van der Waals surface area contributed by atoms with E-state index in [2.05, 4.69) is 37.8 Å². The van der Waals surface area contributed by atoms with Crippen LogP contribution in [0.1, 0.15) is 36.3 Å². The molecule has 0 radical (unpaired) electrons. The fourth-order valence-corrected chi connectivity index (χ4v) is 1.85. The van der Waals surface area contributed by atoms with Crippen molar-refractivity contribution < 1.29 is 0 Å². The lowest BCUT2D eigenvalue weighted by molar-refractivity contribution is 0.419. The summed E-state index contributed by atoms with van der Waals surface area (Å²) in [5, 5.41) is 0. The Bertz CT molecular complexity index is 287. The van der Waals surface area contributed by atoms with Crippen LogP contribution in [0.5, 0.6) is 0 Å². The van der Waals surface area contributed by atoms with Crippen LogP contribution in [0.2, 0.25) is 0 Å². The quantitative estimate of drug-likeness (QED) is 0.625. The van der Waals surface area contributed by atoms with Crippen LogP contribution >= 0.6 is 12.6 Å². The smallest absolute Gasteiger partial charge is 0.00720 e. The lowest BCUT2D eigenvalue weighted by Gasteiger charge is -2.26. The van der Waals surface area contributed by atoms with E-state index in [1.54, 1.807) is 0 Å². The van der Waals surface area contributed by atoms with Crippen molar-refractivity contribution in [3.8, 4) is 0 Å². The molecule has 0 unspecified atom stereocenters. The predicted octanol–water partition coefficient (Wildman–Crippen LogP) is 3.55. The first kappa shape index (κ1) is 8.18. The molecule has 0 spiro atoms. The number of thiol groups is 1. The third-order valence-electron chi connectivity index (χ3n) is 2.81. The molecule has 0 aromatic heterocycles. The number of rotatable bonds is 1. The Hall–Kier alpha value is -0.430. The highest BCUT2D eigenvalue weighted by molar-refractivity contribution is 7.80. The SMILES string of the molecule is Cc1ccc(C2CCC2)cc1S. The number of hydrogen-bond acceptors (Lipinski definition) is 1. The zero-order valence-corrected chi connectivity index (χ0v) is 8.27. The van der Waals surface area contributed by atoms with Gasteiger partial charge in [-0.15, -0.1) is 12.6 Å². The van der Waals surface area contributed by atoms with Crippen molar-refractivity contribution in [2.45, 2.75) is 37.0 Å². The van der Waals surface area contributed by atoms with Crippen molar-refractivity contribution in [3.63, 3.8) is 0 Å². The van der Waals surface area contributed by atoms with E-state index in [-0.39, 0.29) is 0 Å². The molecule has 1 aliphatic rings. The molecule has 0 saturated heterocycles. The number of aryl methyl sites for hydroxylation is 1. The zero-order valence-electron chi connectivity index (χ0n) is 7.38. The second-order valence-corrected chi connectivity index (χ2v) is 4.16. The Balaban J connectivity index is 2.27. The van der Waals surface area contributed by atoms with E-state index in [0.717, 1.165) is 10.8 Å². The Morgan fingerprint density at radius 2 is 2.08 bits per heavy atom. The minimum absolute atomic E-state index is 0.830. The number of hydrogen-bond donors (Lipinski definition) is 1. The standard InChI is InChI=1S/C11H14S/c1-8-5-6-10(7-11(8)12)9-3-2-4-9/h5-7,9,12H,2-4H2,1H3. The molecule has 0 heterocycles. The highest BCUT2D eigenvalue weighted by atomic mass is 32.1. The van der Waals surface area contributed by atoms with Gasteiger partial charge in [0, 0.05) is 4.90 Å². The molecule has 0 nitrogen and oxygen atoms in total. The van der Waals surface area contributed by atoms with Crippen molar-refractivity contribution in [2.75, 3.05) is 0 Å². The second kappa shape index (κ2) is 3.14. The van der Waals surface area contributed by atoms with Crippen molar-refractivity contribution >= 4 is 12.6 Å². The molecule has 0 amide bonds. The summed E-state index contributed by atoms with van der Waals surface area (Å²) in [6, 6.07) is 6.65. The maximum absolute atomic E-state index is 4.43. The highest BCUT2D eigenvalue weighted by Crippen LogP contribution is 2.37. The molecular formula is C11H14S. The molecule has 0 bridgehead atoms. The highest BCUT2D eigenvalue weighted by Gasteiger charge is 2.19. The van der Waals surface area contributed by atoms with Crippen LogP contribution in [-0.2, 0) is 0 Å². The molecule has 64 valence electrons. The summed E-state index contributed by atoms with van der Waals surface area (Å²) in [7, 11) is 0. The molecule has 1 aromatic carbocycles. The molecule has 0 atom stereocenters. The van der Waals surface area contributed by atoms with Crippen molar-refractivity contribution in [1.29, 1.82) is 0 Å². The summed E-state index contributed by atoms with van der Waals surface area (Å²) in [5.74, 6) is 0.830. The van der Waals surface area contributed by atoms with Gasteiger partial charge in [0.05, 0.1) is 0 Å². The summed E-state index contributed by atoms with van der Waals surface area (Å²) in [5.41, 5.74) is 2.76. The first-order chi connectivity index (χ1) is 5.77. The monoisotopic (exact) mass is 178 g/mol. The zero-order chi connectivity index (χ0) is 8.55. The van der Waals surface area contributed by atoms with Gasteiger partial charge in [0.25, 0.3) is 0 Å². The molecule has 1 aliphatic carbocycles. The van der Waals surface area contributed by atoms with Gasteiger partial charge in [0.15, 0.2) is 0 Å². The van der Waals surface area contributed by atoms with Gasteiger partial charge in [-0.05, 0) is 42.9 Å². The maximum atomic E-state index is 4.43. The molecule has 0 aliphatic heterocycles. The summed E-state index contributed by atoms with van der Waals surface area (Å²) in [6.07, 6.45) is 4.15. The molecular weight excluding hydrogens is 164 g/mol. The van der Waals surface area contributed by atoms with E-state index in [1.165, 1.54) is 30.4 Å². The van der Waals surface area contributed by atoms with Gasteiger partial charge < -0.3 is 0 Å². The first-order valence-corrected chi connectivity index (χ1v) is 5.01. The summed E-state index contributed by atoms with van der Waals surface area (Å²) < 4.78 is 0. The van der Waals surface area contributed by atoms with Crippen LogP contribution in [0.15, 0.2) is 23.1 Å².